The van der Waals surface area contributed by atoms with Crippen molar-refractivity contribution in [1.82, 2.24) is 0 Å². The van der Waals surface area contributed by atoms with Crippen molar-refractivity contribution in [3.63, 3.8) is 0 Å². The first kappa shape index (κ1) is 13.8. The molecule has 1 N–H and O–H groups in total. The summed E-state index contributed by atoms with van der Waals surface area (Å²) < 4.78 is 10.1. The standard InChI is InChI=1S/C9H20O5/c1-2-4-13-14-9-8-12-7-6-11-5-3-10/h10H,2-9H2,1H3. The molecule has 0 rings (SSSR count). The number of rotatable bonds is 11. The minimum absolute atomic E-state index is 0.0496. The summed E-state index contributed by atoms with van der Waals surface area (Å²) in [6.45, 7) is 4.96. The van der Waals surface area contributed by atoms with Crippen LogP contribution in [-0.2, 0) is 19.2 Å². The van der Waals surface area contributed by atoms with Crippen molar-refractivity contribution in [2.75, 3.05) is 46.2 Å². The highest BCUT2D eigenvalue weighted by Gasteiger charge is 1.90. The Hall–Kier alpha value is -0.200. The van der Waals surface area contributed by atoms with E-state index in [0.717, 1.165) is 6.42 Å². The van der Waals surface area contributed by atoms with E-state index in [2.05, 4.69) is 0 Å². The lowest BCUT2D eigenvalue weighted by atomic mass is 10.5. The first-order valence-corrected chi connectivity index (χ1v) is 4.92. The Morgan fingerprint density at radius 1 is 0.786 bits per heavy atom. The lowest BCUT2D eigenvalue weighted by Gasteiger charge is -2.05. The predicted molar refractivity (Wildman–Crippen MR) is 50.9 cm³/mol. The van der Waals surface area contributed by atoms with Crippen LogP contribution in [0.25, 0.3) is 0 Å². The summed E-state index contributed by atoms with van der Waals surface area (Å²) in [6, 6.07) is 0. The third kappa shape index (κ3) is 11.8. The number of ether oxygens (including phenoxy) is 2. The fourth-order valence-corrected chi connectivity index (χ4v) is 0.681. The van der Waals surface area contributed by atoms with Crippen LogP contribution in [0.3, 0.4) is 0 Å². The molecule has 0 fully saturated rings. The number of hydrogen-bond donors (Lipinski definition) is 1. The molecule has 0 bridgehead atoms. The third-order valence-corrected chi connectivity index (χ3v) is 1.29. The van der Waals surface area contributed by atoms with Gasteiger partial charge >= 0.3 is 0 Å². The van der Waals surface area contributed by atoms with Gasteiger partial charge in [0.15, 0.2) is 0 Å². The maximum atomic E-state index is 8.39. The van der Waals surface area contributed by atoms with Gasteiger partial charge in [-0.15, -0.1) is 0 Å². The summed E-state index contributed by atoms with van der Waals surface area (Å²) in [5, 5.41) is 8.39. The number of aliphatic hydroxyl groups is 1. The smallest absolute Gasteiger partial charge is 0.106 e. The second-order valence-electron chi connectivity index (χ2n) is 2.59. The minimum Gasteiger partial charge on any atom is -0.394 e. The Morgan fingerprint density at radius 3 is 2.00 bits per heavy atom. The summed E-state index contributed by atoms with van der Waals surface area (Å²) in [5.41, 5.74) is 0. The van der Waals surface area contributed by atoms with Gasteiger partial charge in [-0.05, 0) is 6.42 Å². The van der Waals surface area contributed by atoms with Crippen LogP contribution in [0.2, 0.25) is 0 Å². The molecule has 0 heterocycles. The van der Waals surface area contributed by atoms with Crippen LogP contribution >= 0.6 is 0 Å². The van der Waals surface area contributed by atoms with Gasteiger partial charge < -0.3 is 14.6 Å². The quantitative estimate of drug-likeness (QED) is 0.302. The van der Waals surface area contributed by atoms with E-state index in [9.17, 15) is 0 Å². The molecule has 5 nitrogen and oxygen atoms in total. The molecular formula is C9H20O5. The van der Waals surface area contributed by atoms with Crippen molar-refractivity contribution in [2.45, 2.75) is 13.3 Å². The van der Waals surface area contributed by atoms with Gasteiger partial charge in [0.05, 0.1) is 39.6 Å². The molecule has 0 radical (unpaired) electrons. The molecule has 0 aromatic rings. The van der Waals surface area contributed by atoms with Crippen molar-refractivity contribution >= 4 is 0 Å². The predicted octanol–water partition coefficient (Wildman–Crippen LogP) is 0.370. The topological polar surface area (TPSA) is 57.2 Å². The van der Waals surface area contributed by atoms with Gasteiger partial charge in [0, 0.05) is 0 Å². The molecule has 0 amide bonds. The lowest BCUT2D eigenvalue weighted by Crippen LogP contribution is -2.11. The van der Waals surface area contributed by atoms with Gasteiger partial charge in [-0.3, -0.25) is 0 Å². The highest BCUT2D eigenvalue weighted by Crippen LogP contribution is 1.84. The van der Waals surface area contributed by atoms with Gasteiger partial charge in [-0.25, -0.2) is 9.78 Å². The van der Waals surface area contributed by atoms with Crippen LogP contribution in [0.5, 0.6) is 0 Å². The van der Waals surface area contributed by atoms with Gasteiger partial charge in [-0.1, -0.05) is 6.92 Å². The average molecular weight is 208 g/mol. The van der Waals surface area contributed by atoms with E-state index in [4.69, 9.17) is 24.4 Å². The summed E-state index contributed by atoms with van der Waals surface area (Å²) in [5.74, 6) is 0. The number of hydrogen-bond acceptors (Lipinski definition) is 5. The van der Waals surface area contributed by atoms with E-state index in [1.807, 2.05) is 6.92 Å². The molecule has 0 aliphatic rings. The van der Waals surface area contributed by atoms with Crippen molar-refractivity contribution in [2.24, 2.45) is 0 Å². The molecule has 0 saturated heterocycles. The summed E-state index contributed by atoms with van der Waals surface area (Å²) in [6.07, 6.45) is 0.940. The summed E-state index contributed by atoms with van der Waals surface area (Å²) >= 11 is 0. The highest BCUT2D eigenvalue weighted by molar-refractivity contribution is 4.31. The van der Waals surface area contributed by atoms with Crippen LogP contribution < -0.4 is 0 Å². The molecule has 0 atom stereocenters. The van der Waals surface area contributed by atoms with Crippen molar-refractivity contribution < 1.29 is 24.4 Å². The summed E-state index contributed by atoms with van der Waals surface area (Å²) in [7, 11) is 0. The molecule has 14 heavy (non-hydrogen) atoms. The van der Waals surface area contributed by atoms with Crippen molar-refractivity contribution in [1.29, 1.82) is 0 Å². The van der Waals surface area contributed by atoms with E-state index in [-0.39, 0.29) is 6.61 Å². The zero-order chi connectivity index (χ0) is 10.5. The molecule has 86 valence electrons. The average Bonchev–Trinajstić information content (AvgIpc) is 2.21. The van der Waals surface area contributed by atoms with E-state index < -0.39 is 0 Å². The second-order valence-corrected chi connectivity index (χ2v) is 2.59. The molecule has 0 aromatic heterocycles. The molecular weight excluding hydrogens is 188 g/mol. The first-order valence-electron chi connectivity index (χ1n) is 4.92. The Morgan fingerprint density at radius 2 is 1.36 bits per heavy atom. The van der Waals surface area contributed by atoms with Gasteiger partial charge in [0.1, 0.15) is 6.61 Å². The highest BCUT2D eigenvalue weighted by atomic mass is 17.2. The van der Waals surface area contributed by atoms with Crippen molar-refractivity contribution in [3.05, 3.63) is 0 Å². The Labute approximate surface area is 84.8 Å². The maximum absolute atomic E-state index is 8.39. The fourth-order valence-electron chi connectivity index (χ4n) is 0.681. The van der Waals surface area contributed by atoms with E-state index >= 15 is 0 Å². The molecule has 0 spiro atoms. The van der Waals surface area contributed by atoms with Gasteiger partial charge in [-0.2, -0.15) is 0 Å². The fraction of sp³-hybridized carbons (Fsp3) is 1.00. The maximum Gasteiger partial charge on any atom is 0.106 e. The van der Waals surface area contributed by atoms with Crippen LogP contribution in [0, 0.1) is 0 Å². The van der Waals surface area contributed by atoms with Crippen LogP contribution in [0.4, 0.5) is 0 Å². The third-order valence-electron chi connectivity index (χ3n) is 1.29. The normalized spacial score (nSPS) is 10.7. The zero-order valence-corrected chi connectivity index (χ0v) is 8.74. The SMILES string of the molecule is CCCOOCCOCCOCCO. The number of aliphatic hydroxyl groups excluding tert-OH is 1. The van der Waals surface area contributed by atoms with Crippen molar-refractivity contribution in [3.8, 4) is 0 Å². The van der Waals surface area contributed by atoms with Gasteiger partial charge in [0.25, 0.3) is 0 Å². The molecule has 0 saturated carbocycles. The Bertz CT molecular complexity index is 87.2. The molecule has 5 heteroatoms. The molecule has 0 aromatic carbocycles. The summed E-state index contributed by atoms with van der Waals surface area (Å²) in [4.78, 5) is 9.58. The minimum atomic E-state index is 0.0496. The van der Waals surface area contributed by atoms with E-state index in [1.54, 1.807) is 0 Å². The van der Waals surface area contributed by atoms with Gasteiger partial charge in [0.2, 0.25) is 0 Å². The Kier molecular flexibility index (Phi) is 12.6. The van der Waals surface area contributed by atoms with E-state index in [1.165, 1.54) is 0 Å². The molecule has 0 unspecified atom stereocenters. The van der Waals surface area contributed by atoms with Crippen LogP contribution in [-0.4, -0.2) is 51.4 Å². The first-order chi connectivity index (χ1) is 6.91. The molecule has 0 aliphatic carbocycles. The monoisotopic (exact) mass is 208 g/mol. The zero-order valence-electron chi connectivity index (χ0n) is 8.74. The lowest BCUT2D eigenvalue weighted by molar-refractivity contribution is -0.299. The van der Waals surface area contributed by atoms with Crippen LogP contribution in [0.15, 0.2) is 0 Å². The second kappa shape index (κ2) is 12.8. The largest absolute Gasteiger partial charge is 0.394 e. The Balaban J connectivity index is 2.78. The van der Waals surface area contributed by atoms with E-state index in [0.29, 0.717) is 39.6 Å². The van der Waals surface area contributed by atoms with Crippen LogP contribution in [0.1, 0.15) is 13.3 Å². The molecule has 0 aliphatic heterocycles.